The fraction of sp³-hybridized carbons (Fsp3) is 0.176. The standard InChI is InChI=1S/C51H41NS/c1-50(2)43-20-7-4-15-38(43)41-18-12-17-36(48(41)50)33-24-26-34(27-25-33)52(46-22-13-19-42-40-16-6-9-23-47(40)53-49(42)46)35-28-29-39-37-14-5-8-21-44(37)51(45(39)32-35)30-10-3-11-31-51/h4-9,12-29,32H,3,10-11,30-31H2,1-2H3. The van der Waals surface area contributed by atoms with Gasteiger partial charge in [-0.25, -0.2) is 0 Å². The molecule has 1 saturated carbocycles. The predicted molar refractivity (Wildman–Crippen MR) is 226 cm³/mol. The average Bonchev–Trinajstić information content (AvgIpc) is 3.80. The molecule has 3 aliphatic rings. The highest BCUT2D eigenvalue weighted by Crippen LogP contribution is 2.57. The Balaban J connectivity index is 1.10. The van der Waals surface area contributed by atoms with Crippen LogP contribution in [0.4, 0.5) is 17.1 Å². The second kappa shape index (κ2) is 11.5. The first-order chi connectivity index (χ1) is 26.0. The molecule has 8 aromatic rings. The zero-order chi connectivity index (χ0) is 35.3. The van der Waals surface area contributed by atoms with E-state index in [2.05, 4.69) is 170 Å². The first kappa shape index (κ1) is 31.1. The van der Waals surface area contributed by atoms with Gasteiger partial charge in [-0.2, -0.15) is 0 Å². The van der Waals surface area contributed by atoms with Gasteiger partial charge in [-0.3, -0.25) is 0 Å². The van der Waals surface area contributed by atoms with Gasteiger partial charge in [-0.15, -0.1) is 11.3 Å². The van der Waals surface area contributed by atoms with E-state index in [1.54, 1.807) is 0 Å². The smallest absolute Gasteiger partial charge is 0.0640 e. The summed E-state index contributed by atoms with van der Waals surface area (Å²) in [5.41, 5.74) is 17.7. The Morgan fingerprint density at radius 2 is 1.11 bits per heavy atom. The highest BCUT2D eigenvalue weighted by Gasteiger charge is 2.44. The van der Waals surface area contributed by atoms with Crippen LogP contribution in [0.25, 0.3) is 53.6 Å². The monoisotopic (exact) mass is 699 g/mol. The fourth-order valence-corrected chi connectivity index (χ4v) is 11.7. The number of fused-ring (bicyclic) bond motifs is 11. The zero-order valence-electron chi connectivity index (χ0n) is 30.3. The first-order valence-corrected chi connectivity index (χ1v) is 20.1. The van der Waals surface area contributed by atoms with E-state index in [0.29, 0.717) is 0 Å². The van der Waals surface area contributed by atoms with Gasteiger partial charge in [-0.1, -0.05) is 148 Å². The summed E-state index contributed by atoms with van der Waals surface area (Å²) in [7, 11) is 0. The maximum Gasteiger partial charge on any atom is 0.0640 e. The van der Waals surface area contributed by atoms with E-state index in [4.69, 9.17) is 0 Å². The van der Waals surface area contributed by atoms with Crippen LogP contribution < -0.4 is 4.90 Å². The van der Waals surface area contributed by atoms with Gasteiger partial charge in [-0.05, 0) is 105 Å². The number of benzene rings is 7. The minimum absolute atomic E-state index is 0.0683. The summed E-state index contributed by atoms with van der Waals surface area (Å²) >= 11 is 1.91. The Bertz CT molecular complexity index is 2740. The van der Waals surface area contributed by atoms with Crippen molar-refractivity contribution in [2.75, 3.05) is 4.90 Å². The van der Waals surface area contributed by atoms with Gasteiger partial charge >= 0.3 is 0 Å². The molecular formula is C51H41NS. The lowest BCUT2D eigenvalue weighted by molar-refractivity contribution is 0.353. The molecular weight excluding hydrogens is 659 g/mol. The molecule has 1 fully saturated rings. The fourth-order valence-electron chi connectivity index (χ4n) is 10.5. The van der Waals surface area contributed by atoms with Crippen LogP contribution in [0.15, 0.2) is 152 Å². The molecule has 0 N–H and O–H groups in total. The second-order valence-electron chi connectivity index (χ2n) is 16.0. The topological polar surface area (TPSA) is 3.24 Å². The van der Waals surface area contributed by atoms with Gasteiger partial charge in [0.25, 0.3) is 0 Å². The van der Waals surface area contributed by atoms with E-state index in [9.17, 15) is 0 Å². The van der Waals surface area contributed by atoms with E-state index in [-0.39, 0.29) is 10.8 Å². The molecule has 2 heteroatoms. The molecule has 256 valence electrons. The summed E-state index contributed by atoms with van der Waals surface area (Å²) < 4.78 is 2.66. The zero-order valence-corrected chi connectivity index (χ0v) is 31.1. The number of hydrogen-bond acceptors (Lipinski definition) is 2. The third-order valence-electron chi connectivity index (χ3n) is 12.9. The average molecular weight is 700 g/mol. The highest BCUT2D eigenvalue weighted by atomic mass is 32.1. The summed E-state index contributed by atoms with van der Waals surface area (Å²) in [6.07, 6.45) is 6.36. The quantitative estimate of drug-likeness (QED) is 0.177. The first-order valence-electron chi connectivity index (χ1n) is 19.3. The van der Waals surface area contributed by atoms with E-state index in [0.717, 1.165) is 0 Å². The van der Waals surface area contributed by atoms with Gasteiger partial charge in [0, 0.05) is 37.7 Å². The molecule has 0 bridgehead atoms. The number of rotatable bonds is 4. The normalized spacial score (nSPS) is 16.0. The molecule has 53 heavy (non-hydrogen) atoms. The summed E-state index contributed by atoms with van der Waals surface area (Å²) in [6.45, 7) is 4.77. The Labute approximate surface area is 316 Å². The van der Waals surface area contributed by atoms with Gasteiger partial charge in [0.15, 0.2) is 0 Å². The molecule has 1 aromatic heterocycles. The molecule has 3 aliphatic carbocycles. The van der Waals surface area contributed by atoms with Gasteiger partial charge in [0.05, 0.1) is 10.4 Å². The van der Waals surface area contributed by atoms with Crippen LogP contribution in [0.5, 0.6) is 0 Å². The molecule has 1 heterocycles. The molecule has 0 unspecified atom stereocenters. The lowest BCUT2D eigenvalue weighted by atomic mass is 9.68. The SMILES string of the molecule is CC1(C)c2ccccc2-c2cccc(-c3ccc(N(c4ccc5c(c4)C4(CCCCC4)c4ccccc4-5)c4cccc5c4sc4ccccc45)cc3)c21. The molecule has 0 aliphatic heterocycles. The molecule has 1 nitrogen and oxygen atoms in total. The van der Waals surface area contributed by atoms with Crippen molar-refractivity contribution < 1.29 is 0 Å². The van der Waals surface area contributed by atoms with E-state index in [1.165, 1.54) is 125 Å². The largest absolute Gasteiger partial charge is 0.309 e. The Morgan fingerprint density at radius 1 is 0.491 bits per heavy atom. The molecule has 11 rings (SSSR count). The van der Waals surface area contributed by atoms with Crippen molar-refractivity contribution in [1.29, 1.82) is 0 Å². The van der Waals surface area contributed by atoms with E-state index >= 15 is 0 Å². The van der Waals surface area contributed by atoms with Crippen LogP contribution in [0.2, 0.25) is 0 Å². The molecule has 7 aromatic carbocycles. The van der Waals surface area contributed by atoms with E-state index < -0.39 is 0 Å². The number of nitrogens with zero attached hydrogens (tertiary/aromatic N) is 1. The second-order valence-corrected chi connectivity index (χ2v) is 17.0. The maximum absolute atomic E-state index is 2.56. The molecule has 0 atom stereocenters. The lowest BCUT2D eigenvalue weighted by Gasteiger charge is -2.36. The summed E-state index contributed by atoms with van der Waals surface area (Å²) in [6, 6.07) is 57.6. The maximum atomic E-state index is 2.56. The van der Waals surface area contributed by atoms with Crippen LogP contribution in [-0.2, 0) is 10.8 Å². The summed E-state index contributed by atoms with van der Waals surface area (Å²) in [5.74, 6) is 0. The summed E-state index contributed by atoms with van der Waals surface area (Å²) in [5, 5.41) is 2.65. The number of thiophene rings is 1. The van der Waals surface area contributed by atoms with Crippen molar-refractivity contribution >= 4 is 48.6 Å². The molecule has 1 spiro atoms. The Kier molecular flexibility index (Phi) is 6.77. The highest BCUT2D eigenvalue weighted by molar-refractivity contribution is 7.26. The van der Waals surface area contributed by atoms with Crippen LogP contribution >= 0.6 is 11.3 Å². The summed E-state index contributed by atoms with van der Waals surface area (Å²) in [4.78, 5) is 2.54. The van der Waals surface area contributed by atoms with Gasteiger partial charge in [0.2, 0.25) is 0 Å². The number of hydrogen-bond donors (Lipinski definition) is 0. The third kappa shape index (κ3) is 4.42. The Morgan fingerprint density at radius 3 is 1.94 bits per heavy atom. The van der Waals surface area contributed by atoms with Crippen molar-refractivity contribution in [1.82, 2.24) is 0 Å². The van der Waals surface area contributed by atoms with Crippen molar-refractivity contribution in [2.24, 2.45) is 0 Å². The Hall–Kier alpha value is -5.44. The van der Waals surface area contributed by atoms with Crippen LogP contribution in [0.1, 0.15) is 68.2 Å². The van der Waals surface area contributed by atoms with Crippen molar-refractivity contribution in [3.8, 4) is 33.4 Å². The van der Waals surface area contributed by atoms with Crippen LogP contribution in [0, 0.1) is 0 Å². The molecule has 0 radical (unpaired) electrons. The van der Waals surface area contributed by atoms with Crippen molar-refractivity contribution in [3.05, 3.63) is 174 Å². The van der Waals surface area contributed by atoms with Crippen LogP contribution in [-0.4, -0.2) is 0 Å². The van der Waals surface area contributed by atoms with Crippen molar-refractivity contribution in [2.45, 2.75) is 56.8 Å². The third-order valence-corrected chi connectivity index (χ3v) is 14.1. The van der Waals surface area contributed by atoms with E-state index in [1.807, 2.05) is 11.3 Å². The minimum atomic E-state index is -0.0683. The van der Waals surface area contributed by atoms with Gasteiger partial charge in [0.1, 0.15) is 0 Å². The van der Waals surface area contributed by atoms with Crippen LogP contribution in [0.3, 0.4) is 0 Å². The number of anilines is 3. The van der Waals surface area contributed by atoms with Crippen molar-refractivity contribution in [3.63, 3.8) is 0 Å². The lowest BCUT2D eigenvalue weighted by Crippen LogP contribution is -2.28. The molecule has 0 saturated heterocycles. The minimum Gasteiger partial charge on any atom is -0.309 e. The predicted octanol–water partition coefficient (Wildman–Crippen LogP) is 14.7. The van der Waals surface area contributed by atoms with Gasteiger partial charge < -0.3 is 4.90 Å². The molecule has 0 amide bonds.